The predicted octanol–water partition coefficient (Wildman–Crippen LogP) is 1.98. The number of aliphatic hydroxyl groups excluding tert-OH is 1. The number of halogens is 1. The van der Waals surface area contributed by atoms with Gasteiger partial charge in [0.25, 0.3) is 0 Å². The highest BCUT2D eigenvalue weighted by molar-refractivity contribution is 9.10. The topological polar surface area (TPSA) is 80.4 Å². The highest BCUT2D eigenvalue weighted by Gasteiger charge is 2.08. The van der Waals surface area contributed by atoms with Gasteiger partial charge in [0.15, 0.2) is 5.82 Å². The third-order valence-corrected chi connectivity index (χ3v) is 3.36. The van der Waals surface area contributed by atoms with Crippen molar-refractivity contribution in [2.45, 2.75) is 26.5 Å². The summed E-state index contributed by atoms with van der Waals surface area (Å²) in [7, 11) is 0. The highest BCUT2D eigenvalue weighted by Crippen LogP contribution is 2.25. The van der Waals surface area contributed by atoms with E-state index in [0.717, 1.165) is 10.0 Å². The van der Waals surface area contributed by atoms with Crippen LogP contribution in [-0.4, -0.2) is 34.5 Å². The van der Waals surface area contributed by atoms with E-state index in [1.54, 1.807) is 6.92 Å². The molecule has 1 unspecified atom stereocenters. The van der Waals surface area contributed by atoms with E-state index < -0.39 is 6.10 Å². The van der Waals surface area contributed by atoms with Crippen molar-refractivity contribution in [3.05, 3.63) is 40.0 Å². The average molecular weight is 356 g/mol. The Labute approximate surface area is 131 Å². The fraction of sp³-hybridized carbons (Fsp3) is 0.429. The number of hydrogen-bond donors (Lipinski definition) is 2. The number of hydrogen-bond acceptors (Lipinski definition) is 6. The molecule has 1 atom stereocenters. The summed E-state index contributed by atoms with van der Waals surface area (Å²) in [5.74, 6) is 1.81. The van der Waals surface area contributed by atoms with Gasteiger partial charge >= 0.3 is 0 Å². The largest absolute Gasteiger partial charge is 0.490 e. The van der Waals surface area contributed by atoms with E-state index in [-0.39, 0.29) is 6.61 Å². The van der Waals surface area contributed by atoms with Crippen LogP contribution in [0.4, 0.5) is 0 Å². The Morgan fingerprint density at radius 1 is 1.43 bits per heavy atom. The lowest BCUT2D eigenvalue weighted by Gasteiger charge is -2.13. The van der Waals surface area contributed by atoms with E-state index in [0.29, 0.717) is 30.6 Å². The van der Waals surface area contributed by atoms with Crippen LogP contribution in [0.5, 0.6) is 5.75 Å². The normalized spacial score (nSPS) is 12.4. The number of nitrogens with one attached hydrogen (secondary N) is 1. The summed E-state index contributed by atoms with van der Waals surface area (Å²) in [5, 5.41) is 16.6. The van der Waals surface area contributed by atoms with Crippen molar-refractivity contribution in [3.63, 3.8) is 0 Å². The standard InChI is InChI=1S/C14H18BrN3O3/c1-9-3-4-13(12(15)5-9)20-8-11(19)6-16-7-14-17-10(2)18-21-14/h3-5,11,16,19H,6-8H2,1-2H3. The third-order valence-electron chi connectivity index (χ3n) is 2.74. The quantitative estimate of drug-likeness (QED) is 0.790. The molecule has 0 fully saturated rings. The van der Waals surface area contributed by atoms with Gasteiger partial charge in [0.05, 0.1) is 11.0 Å². The lowest BCUT2D eigenvalue weighted by Crippen LogP contribution is -2.31. The average Bonchev–Trinajstić information content (AvgIpc) is 2.83. The molecule has 1 aromatic carbocycles. The van der Waals surface area contributed by atoms with Gasteiger partial charge in [0.1, 0.15) is 18.5 Å². The minimum Gasteiger partial charge on any atom is -0.490 e. The van der Waals surface area contributed by atoms with Gasteiger partial charge in [-0.3, -0.25) is 0 Å². The van der Waals surface area contributed by atoms with Gasteiger partial charge in [-0.1, -0.05) is 11.2 Å². The van der Waals surface area contributed by atoms with Crippen LogP contribution in [0.3, 0.4) is 0 Å². The first-order chi connectivity index (χ1) is 10.0. The molecule has 0 bridgehead atoms. The molecule has 2 rings (SSSR count). The van der Waals surface area contributed by atoms with Crippen molar-refractivity contribution < 1.29 is 14.4 Å². The van der Waals surface area contributed by atoms with Gasteiger partial charge in [-0.25, -0.2) is 0 Å². The first-order valence-corrected chi connectivity index (χ1v) is 7.41. The van der Waals surface area contributed by atoms with Crippen LogP contribution < -0.4 is 10.1 Å². The summed E-state index contributed by atoms with van der Waals surface area (Å²) in [4.78, 5) is 4.06. The second-order valence-electron chi connectivity index (χ2n) is 4.76. The Morgan fingerprint density at radius 2 is 2.24 bits per heavy atom. The van der Waals surface area contributed by atoms with Crippen molar-refractivity contribution in [1.82, 2.24) is 15.5 Å². The van der Waals surface area contributed by atoms with Crippen molar-refractivity contribution in [2.75, 3.05) is 13.2 Å². The minimum atomic E-state index is -0.623. The molecule has 1 aromatic heterocycles. The number of aryl methyl sites for hydroxylation is 2. The van der Waals surface area contributed by atoms with E-state index in [4.69, 9.17) is 9.26 Å². The molecule has 0 radical (unpaired) electrons. The summed E-state index contributed by atoms with van der Waals surface area (Å²) in [6, 6.07) is 5.81. The summed E-state index contributed by atoms with van der Waals surface area (Å²) >= 11 is 3.43. The number of ether oxygens (including phenoxy) is 1. The van der Waals surface area contributed by atoms with Crippen molar-refractivity contribution in [1.29, 1.82) is 0 Å². The number of benzene rings is 1. The van der Waals surface area contributed by atoms with Crippen LogP contribution >= 0.6 is 15.9 Å². The fourth-order valence-electron chi connectivity index (χ4n) is 1.73. The van der Waals surface area contributed by atoms with Crippen LogP contribution in [0.1, 0.15) is 17.3 Å². The molecule has 0 aliphatic rings. The maximum absolute atomic E-state index is 9.87. The molecular weight excluding hydrogens is 338 g/mol. The lowest BCUT2D eigenvalue weighted by atomic mass is 10.2. The SMILES string of the molecule is Cc1ccc(OCC(O)CNCc2nc(C)no2)c(Br)c1. The number of nitrogens with zero attached hydrogens (tertiary/aromatic N) is 2. The van der Waals surface area contributed by atoms with Crippen LogP contribution in [-0.2, 0) is 6.54 Å². The maximum Gasteiger partial charge on any atom is 0.240 e. The molecule has 0 amide bonds. The van der Waals surface area contributed by atoms with Crippen LogP contribution in [0.2, 0.25) is 0 Å². The molecule has 6 nitrogen and oxygen atoms in total. The van der Waals surface area contributed by atoms with Gasteiger partial charge in [-0.2, -0.15) is 4.98 Å². The van der Waals surface area contributed by atoms with Gasteiger partial charge in [0, 0.05) is 6.54 Å². The molecular formula is C14H18BrN3O3. The molecule has 7 heteroatoms. The Hall–Kier alpha value is -1.44. The predicted molar refractivity (Wildman–Crippen MR) is 81.1 cm³/mol. The summed E-state index contributed by atoms with van der Waals surface area (Å²) in [6.07, 6.45) is -0.623. The van der Waals surface area contributed by atoms with Crippen molar-refractivity contribution in [3.8, 4) is 5.75 Å². The molecule has 1 heterocycles. The second-order valence-corrected chi connectivity index (χ2v) is 5.62. The molecule has 0 saturated heterocycles. The molecule has 2 N–H and O–H groups in total. The third kappa shape index (κ3) is 5.11. The Morgan fingerprint density at radius 3 is 2.90 bits per heavy atom. The molecule has 21 heavy (non-hydrogen) atoms. The van der Waals surface area contributed by atoms with Gasteiger partial charge in [-0.15, -0.1) is 0 Å². The van der Waals surface area contributed by atoms with Crippen molar-refractivity contribution >= 4 is 15.9 Å². The highest BCUT2D eigenvalue weighted by atomic mass is 79.9. The molecule has 0 saturated carbocycles. The summed E-state index contributed by atoms with van der Waals surface area (Å²) < 4.78 is 11.4. The van der Waals surface area contributed by atoms with E-state index >= 15 is 0 Å². The van der Waals surface area contributed by atoms with Gasteiger partial charge in [0.2, 0.25) is 5.89 Å². The van der Waals surface area contributed by atoms with Gasteiger partial charge < -0.3 is 19.7 Å². The van der Waals surface area contributed by atoms with E-state index in [2.05, 4.69) is 31.4 Å². The van der Waals surface area contributed by atoms with Crippen LogP contribution in [0.25, 0.3) is 0 Å². The molecule has 0 aliphatic heterocycles. The zero-order valence-electron chi connectivity index (χ0n) is 12.0. The second kappa shape index (κ2) is 7.53. The molecule has 0 aliphatic carbocycles. The number of rotatable bonds is 7. The van der Waals surface area contributed by atoms with E-state index in [1.807, 2.05) is 25.1 Å². The van der Waals surface area contributed by atoms with Crippen LogP contribution in [0.15, 0.2) is 27.2 Å². The number of aromatic nitrogens is 2. The molecule has 2 aromatic rings. The lowest BCUT2D eigenvalue weighted by molar-refractivity contribution is 0.105. The summed E-state index contributed by atoms with van der Waals surface area (Å²) in [6.45, 7) is 4.77. The molecule has 114 valence electrons. The monoisotopic (exact) mass is 355 g/mol. The molecule has 0 spiro atoms. The van der Waals surface area contributed by atoms with Crippen molar-refractivity contribution in [2.24, 2.45) is 0 Å². The maximum atomic E-state index is 9.87. The fourth-order valence-corrected chi connectivity index (χ4v) is 2.33. The Kier molecular flexibility index (Phi) is 5.72. The van der Waals surface area contributed by atoms with E-state index in [9.17, 15) is 5.11 Å². The zero-order valence-corrected chi connectivity index (χ0v) is 13.6. The first-order valence-electron chi connectivity index (χ1n) is 6.61. The zero-order chi connectivity index (χ0) is 15.2. The Balaban J connectivity index is 1.70. The number of aliphatic hydroxyl groups is 1. The summed E-state index contributed by atoms with van der Waals surface area (Å²) in [5.41, 5.74) is 1.14. The van der Waals surface area contributed by atoms with E-state index in [1.165, 1.54) is 0 Å². The first kappa shape index (κ1) is 15.9. The minimum absolute atomic E-state index is 0.206. The smallest absolute Gasteiger partial charge is 0.240 e. The van der Waals surface area contributed by atoms with Gasteiger partial charge in [-0.05, 0) is 47.5 Å². The van der Waals surface area contributed by atoms with Crippen LogP contribution in [0, 0.1) is 13.8 Å². The Bertz CT molecular complexity index is 589.